The Morgan fingerprint density at radius 3 is 2.41 bits per heavy atom. The molecule has 0 spiro atoms. The highest BCUT2D eigenvalue weighted by molar-refractivity contribution is 5.96. The topological polar surface area (TPSA) is 32.3 Å². The van der Waals surface area contributed by atoms with Gasteiger partial charge in [0.2, 0.25) is 5.91 Å². The van der Waals surface area contributed by atoms with E-state index in [4.69, 9.17) is 0 Å². The predicted octanol–water partition coefficient (Wildman–Crippen LogP) is 4.24. The van der Waals surface area contributed by atoms with Crippen molar-refractivity contribution in [3.05, 3.63) is 35.4 Å². The van der Waals surface area contributed by atoms with Gasteiger partial charge in [-0.3, -0.25) is 4.79 Å². The van der Waals surface area contributed by atoms with E-state index in [1.165, 1.54) is 16.8 Å². The van der Waals surface area contributed by atoms with E-state index in [2.05, 4.69) is 57.0 Å². The summed E-state index contributed by atoms with van der Waals surface area (Å²) in [5.41, 5.74) is 4.55. The number of aryl methyl sites for hydroxylation is 1. The zero-order valence-electron chi connectivity index (χ0n) is 14.8. The van der Waals surface area contributed by atoms with Gasteiger partial charge in [0.05, 0.1) is 5.92 Å². The third kappa shape index (κ3) is 3.18. The number of nitrogens with one attached hydrogen (secondary N) is 1. The van der Waals surface area contributed by atoms with Gasteiger partial charge in [-0.25, -0.2) is 0 Å². The summed E-state index contributed by atoms with van der Waals surface area (Å²) < 4.78 is 0. The van der Waals surface area contributed by atoms with Crippen molar-refractivity contribution < 1.29 is 4.79 Å². The van der Waals surface area contributed by atoms with E-state index in [9.17, 15) is 4.79 Å². The SMILES string of the molecule is CC(C)=C[C@H]1[C@@H](C(=O)Nc2ccc(N(C)C)c(C)c2)C1(C)C. The number of benzene rings is 1. The van der Waals surface area contributed by atoms with Gasteiger partial charge in [0, 0.05) is 25.5 Å². The molecule has 0 unspecified atom stereocenters. The van der Waals surface area contributed by atoms with Gasteiger partial charge in [-0.05, 0) is 55.9 Å². The minimum absolute atomic E-state index is 0.0555. The van der Waals surface area contributed by atoms with E-state index in [0.29, 0.717) is 5.92 Å². The van der Waals surface area contributed by atoms with E-state index in [1.54, 1.807) is 0 Å². The molecule has 3 heteroatoms. The largest absolute Gasteiger partial charge is 0.377 e. The van der Waals surface area contributed by atoms with E-state index in [-0.39, 0.29) is 17.2 Å². The van der Waals surface area contributed by atoms with Crippen molar-refractivity contribution in [2.75, 3.05) is 24.3 Å². The molecule has 0 aliphatic heterocycles. The Kier molecular flexibility index (Phi) is 4.37. The van der Waals surface area contributed by atoms with Crippen molar-refractivity contribution in [3.8, 4) is 0 Å². The summed E-state index contributed by atoms with van der Waals surface area (Å²) >= 11 is 0. The fourth-order valence-corrected chi connectivity index (χ4v) is 3.30. The fourth-order valence-electron chi connectivity index (χ4n) is 3.30. The zero-order valence-corrected chi connectivity index (χ0v) is 14.8. The average Bonchev–Trinajstić information content (AvgIpc) is 2.89. The Bertz CT molecular complexity index is 610. The fraction of sp³-hybridized carbons (Fsp3) is 0.526. The summed E-state index contributed by atoms with van der Waals surface area (Å²) in [4.78, 5) is 14.6. The van der Waals surface area contributed by atoms with Crippen molar-refractivity contribution in [1.29, 1.82) is 0 Å². The van der Waals surface area contributed by atoms with Crippen LogP contribution in [0.25, 0.3) is 0 Å². The molecule has 0 aromatic heterocycles. The van der Waals surface area contributed by atoms with Gasteiger partial charge in [-0.15, -0.1) is 0 Å². The molecule has 1 N–H and O–H groups in total. The van der Waals surface area contributed by atoms with Crippen molar-refractivity contribution in [2.45, 2.75) is 34.6 Å². The maximum absolute atomic E-state index is 12.6. The van der Waals surface area contributed by atoms with Crippen LogP contribution in [0.2, 0.25) is 0 Å². The summed E-state index contributed by atoms with van der Waals surface area (Å²) in [6.07, 6.45) is 2.23. The van der Waals surface area contributed by atoms with Gasteiger partial charge in [0.1, 0.15) is 0 Å². The Morgan fingerprint density at radius 1 is 1.27 bits per heavy atom. The molecule has 1 aliphatic rings. The van der Waals surface area contributed by atoms with Crippen LogP contribution in [0.3, 0.4) is 0 Å². The van der Waals surface area contributed by atoms with Crippen molar-refractivity contribution in [3.63, 3.8) is 0 Å². The molecular formula is C19H28N2O. The zero-order chi connectivity index (χ0) is 16.7. The molecule has 3 nitrogen and oxygen atoms in total. The van der Waals surface area contributed by atoms with Crippen LogP contribution in [0, 0.1) is 24.2 Å². The van der Waals surface area contributed by atoms with Gasteiger partial charge in [0.15, 0.2) is 0 Å². The second-order valence-corrected chi connectivity index (χ2v) is 7.45. The number of carbonyl (C=O) groups excluding carboxylic acids is 1. The van der Waals surface area contributed by atoms with Crippen LogP contribution in [0.15, 0.2) is 29.8 Å². The predicted molar refractivity (Wildman–Crippen MR) is 94.3 cm³/mol. The van der Waals surface area contributed by atoms with E-state index >= 15 is 0 Å². The molecule has 0 heterocycles. The lowest BCUT2D eigenvalue weighted by Crippen LogP contribution is -2.17. The minimum atomic E-state index is 0.0555. The molecular weight excluding hydrogens is 272 g/mol. The number of amides is 1. The van der Waals surface area contributed by atoms with E-state index in [1.807, 2.05) is 26.2 Å². The van der Waals surface area contributed by atoms with Gasteiger partial charge in [0.25, 0.3) is 0 Å². The number of rotatable bonds is 4. The molecule has 2 rings (SSSR count). The first kappa shape index (κ1) is 16.6. The lowest BCUT2D eigenvalue weighted by molar-refractivity contribution is -0.118. The molecule has 1 fully saturated rings. The van der Waals surface area contributed by atoms with Gasteiger partial charge < -0.3 is 10.2 Å². The number of hydrogen-bond acceptors (Lipinski definition) is 2. The van der Waals surface area contributed by atoms with Crippen molar-refractivity contribution in [1.82, 2.24) is 0 Å². The van der Waals surface area contributed by atoms with Crippen LogP contribution in [0.4, 0.5) is 11.4 Å². The second-order valence-electron chi connectivity index (χ2n) is 7.45. The van der Waals surface area contributed by atoms with Crippen LogP contribution in [0.1, 0.15) is 33.3 Å². The maximum atomic E-state index is 12.6. The summed E-state index contributed by atoms with van der Waals surface area (Å²) in [6, 6.07) is 6.07. The Balaban J connectivity index is 2.10. The molecule has 0 saturated heterocycles. The number of hydrogen-bond donors (Lipinski definition) is 1. The Labute approximate surface area is 134 Å². The molecule has 120 valence electrons. The van der Waals surface area contributed by atoms with Crippen LogP contribution in [-0.4, -0.2) is 20.0 Å². The first-order valence-electron chi connectivity index (χ1n) is 7.88. The lowest BCUT2D eigenvalue weighted by Gasteiger charge is -2.16. The molecule has 1 aromatic rings. The van der Waals surface area contributed by atoms with Crippen molar-refractivity contribution in [2.24, 2.45) is 17.3 Å². The number of allylic oxidation sites excluding steroid dienone is 2. The van der Waals surface area contributed by atoms with Gasteiger partial charge in [-0.1, -0.05) is 25.5 Å². The number of carbonyl (C=O) groups is 1. The number of anilines is 2. The highest BCUT2D eigenvalue weighted by Gasteiger charge is 2.60. The quantitative estimate of drug-likeness (QED) is 0.844. The third-order valence-corrected chi connectivity index (χ3v) is 4.65. The molecule has 1 amide bonds. The first-order valence-corrected chi connectivity index (χ1v) is 7.88. The third-order valence-electron chi connectivity index (χ3n) is 4.65. The van der Waals surface area contributed by atoms with Crippen LogP contribution in [-0.2, 0) is 4.79 Å². The van der Waals surface area contributed by atoms with Crippen LogP contribution < -0.4 is 10.2 Å². The van der Waals surface area contributed by atoms with E-state index in [0.717, 1.165) is 5.69 Å². The summed E-state index contributed by atoms with van der Waals surface area (Å²) in [5.74, 6) is 0.542. The standard InChI is InChI=1S/C19H28N2O/c1-12(2)10-15-17(19(15,4)5)18(22)20-14-8-9-16(21(6)7)13(3)11-14/h8-11,15,17H,1-7H3,(H,20,22)/t15-,17-/m0/s1. The second kappa shape index (κ2) is 5.79. The lowest BCUT2D eigenvalue weighted by atomic mass is 10.1. The summed E-state index contributed by atoms with van der Waals surface area (Å²) in [7, 11) is 4.05. The molecule has 0 bridgehead atoms. The van der Waals surface area contributed by atoms with E-state index < -0.39 is 0 Å². The first-order chi connectivity index (χ1) is 10.1. The van der Waals surface area contributed by atoms with Crippen LogP contribution in [0.5, 0.6) is 0 Å². The molecule has 0 radical (unpaired) electrons. The monoisotopic (exact) mass is 300 g/mol. The smallest absolute Gasteiger partial charge is 0.228 e. The Hall–Kier alpha value is -1.77. The highest BCUT2D eigenvalue weighted by Crippen LogP contribution is 2.59. The Morgan fingerprint density at radius 2 is 1.91 bits per heavy atom. The average molecular weight is 300 g/mol. The molecule has 2 atom stereocenters. The summed E-state index contributed by atoms with van der Waals surface area (Å²) in [5, 5.41) is 3.08. The molecule has 22 heavy (non-hydrogen) atoms. The number of nitrogens with zero attached hydrogens (tertiary/aromatic N) is 1. The highest BCUT2D eigenvalue weighted by atomic mass is 16.2. The van der Waals surface area contributed by atoms with Gasteiger partial charge >= 0.3 is 0 Å². The molecule has 1 aliphatic carbocycles. The maximum Gasteiger partial charge on any atom is 0.228 e. The summed E-state index contributed by atoms with van der Waals surface area (Å²) in [6.45, 7) is 10.6. The molecule has 1 saturated carbocycles. The van der Waals surface area contributed by atoms with Gasteiger partial charge in [-0.2, -0.15) is 0 Å². The van der Waals surface area contributed by atoms with Crippen molar-refractivity contribution >= 4 is 17.3 Å². The normalized spacial score (nSPS) is 22.0. The van der Waals surface area contributed by atoms with Crippen LogP contribution >= 0.6 is 0 Å². The molecule has 1 aromatic carbocycles. The minimum Gasteiger partial charge on any atom is -0.377 e.